The number of benzene rings is 5. The first-order valence-electron chi connectivity index (χ1n) is 8.46. The van der Waals surface area contributed by atoms with Crippen LogP contribution in [0.3, 0.4) is 0 Å². The molecule has 5 aromatic rings. The van der Waals surface area contributed by atoms with Gasteiger partial charge in [0.25, 0.3) is 0 Å². The van der Waals surface area contributed by atoms with Crippen LogP contribution in [0.2, 0.25) is 0 Å². The van der Waals surface area contributed by atoms with E-state index in [1.54, 1.807) is 0 Å². The molecule has 5 aromatic carbocycles. The summed E-state index contributed by atoms with van der Waals surface area (Å²) in [7, 11) is 0. The summed E-state index contributed by atoms with van der Waals surface area (Å²) >= 11 is 0. The summed E-state index contributed by atoms with van der Waals surface area (Å²) in [6.07, 6.45) is 0. The second-order valence-corrected chi connectivity index (χ2v) is 6.73. The van der Waals surface area contributed by atoms with Crippen molar-refractivity contribution in [2.45, 2.75) is 6.92 Å². The molecule has 120 valence electrons. The van der Waals surface area contributed by atoms with E-state index in [1.807, 2.05) is 6.07 Å². The number of rotatable bonds is 1. The summed E-state index contributed by atoms with van der Waals surface area (Å²) in [6.45, 7) is 2.14. The van der Waals surface area contributed by atoms with Crippen molar-refractivity contribution in [3.8, 4) is 11.1 Å². The van der Waals surface area contributed by atoms with Crippen LogP contribution in [0.4, 0.5) is 11.4 Å². The Balaban J connectivity index is 2.07. The number of aryl methyl sites for hydroxylation is 1. The Labute approximate surface area is 146 Å². The molecule has 0 saturated carbocycles. The molecule has 0 saturated heterocycles. The van der Waals surface area contributed by atoms with Gasteiger partial charge in [-0.15, -0.1) is 0 Å². The Hall–Kier alpha value is -3.26. The maximum atomic E-state index is 6.43. The van der Waals surface area contributed by atoms with Gasteiger partial charge in [0.1, 0.15) is 0 Å². The zero-order valence-electron chi connectivity index (χ0n) is 14.0. The lowest BCUT2D eigenvalue weighted by Crippen LogP contribution is -1.96. The van der Waals surface area contributed by atoms with Crippen molar-refractivity contribution in [3.05, 3.63) is 72.3 Å². The monoisotopic (exact) mass is 322 g/mol. The first kappa shape index (κ1) is 14.1. The molecule has 0 amide bonds. The Morgan fingerprint density at radius 3 is 2.20 bits per heavy atom. The van der Waals surface area contributed by atoms with Gasteiger partial charge < -0.3 is 11.5 Å². The van der Waals surface area contributed by atoms with Gasteiger partial charge in [-0.1, -0.05) is 54.6 Å². The first-order chi connectivity index (χ1) is 12.1. The number of hydrogen-bond donors (Lipinski definition) is 2. The van der Waals surface area contributed by atoms with E-state index in [4.69, 9.17) is 11.5 Å². The molecule has 0 atom stereocenters. The Bertz CT molecular complexity index is 1270. The van der Waals surface area contributed by atoms with Crippen LogP contribution in [0.25, 0.3) is 43.4 Å². The van der Waals surface area contributed by atoms with Gasteiger partial charge in [-0.05, 0) is 51.9 Å². The molecule has 0 aliphatic rings. The van der Waals surface area contributed by atoms with Crippen LogP contribution >= 0.6 is 0 Å². The van der Waals surface area contributed by atoms with Crippen molar-refractivity contribution >= 4 is 43.7 Å². The minimum atomic E-state index is 0.810. The van der Waals surface area contributed by atoms with Gasteiger partial charge in [-0.3, -0.25) is 0 Å². The predicted octanol–water partition coefficient (Wildman–Crippen LogP) is 5.72. The van der Waals surface area contributed by atoms with E-state index in [-0.39, 0.29) is 0 Å². The maximum absolute atomic E-state index is 6.43. The van der Waals surface area contributed by atoms with Gasteiger partial charge in [-0.25, -0.2) is 0 Å². The van der Waals surface area contributed by atoms with Crippen LogP contribution in [0.5, 0.6) is 0 Å². The van der Waals surface area contributed by atoms with Crippen molar-refractivity contribution in [2.24, 2.45) is 0 Å². The molecular weight excluding hydrogens is 304 g/mol. The molecule has 0 aliphatic heterocycles. The molecule has 0 aliphatic carbocycles. The molecule has 0 radical (unpaired) electrons. The molecule has 4 N–H and O–H groups in total. The Morgan fingerprint density at radius 1 is 0.600 bits per heavy atom. The van der Waals surface area contributed by atoms with Gasteiger partial charge in [-0.2, -0.15) is 0 Å². The van der Waals surface area contributed by atoms with Crippen LogP contribution in [-0.2, 0) is 0 Å². The highest BCUT2D eigenvalue weighted by molar-refractivity contribution is 6.30. The second kappa shape index (κ2) is 4.87. The highest BCUT2D eigenvalue weighted by Gasteiger charge is 2.16. The lowest BCUT2D eigenvalue weighted by atomic mass is 9.87. The molecule has 2 heteroatoms. The molecular formula is C23H18N2. The molecule has 2 nitrogen and oxygen atoms in total. The molecule has 0 spiro atoms. The molecule has 0 bridgehead atoms. The van der Waals surface area contributed by atoms with Crippen LogP contribution in [0.1, 0.15) is 5.56 Å². The van der Waals surface area contributed by atoms with Crippen LogP contribution < -0.4 is 11.5 Å². The summed E-state index contributed by atoms with van der Waals surface area (Å²) < 4.78 is 0. The van der Waals surface area contributed by atoms with E-state index >= 15 is 0 Å². The number of nitrogen functional groups attached to an aromatic ring is 2. The minimum Gasteiger partial charge on any atom is -0.398 e. The zero-order chi connectivity index (χ0) is 17.1. The highest BCUT2D eigenvalue weighted by Crippen LogP contribution is 2.43. The third-order valence-corrected chi connectivity index (χ3v) is 5.26. The minimum absolute atomic E-state index is 0.810. The molecule has 25 heavy (non-hydrogen) atoms. The third kappa shape index (κ3) is 1.85. The average Bonchev–Trinajstić information content (AvgIpc) is 2.61. The summed E-state index contributed by atoms with van der Waals surface area (Å²) in [4.78, 5) is 0. The summed E-state index contributed by atoms with van der Waals surface area (Å²) in [5.41, 5.74) is 18.1. The van der Waals surface area contributed by atoms with Crippen molar-refractivity contribution in [1.82, 2.24) is 0 Å². The van der Waals surface area contributed by atoms with Gasteiger partial charge in [0, 0.05) is 27.5 Å². The number of anilines is 2. The zero-order valence-corrected chi connectivity index (χ0v) is 14.0. The smallest absolute Gasteiger partial charge is 0.0400 e. The van der Waals surface area contributed by atoms with E-state index < -0.39 is 0 Å². The summed E-state index contributed by atoms with van der Waals surface area (Å²) in [6, 6.07) is 23.2. The van der Waals surface area contributed by atoms with Crippen molar-refractivity contribution < 1.29 is 0 Å². The molecule has 5 rings (SSSR count). The SMILES string of the molecule is Cc1ccccc1-c1ccc2c(N)cc3cccc4c(N)cc1c2c34. The highest BCUT2D eigenvalue weighted by atomic mass is 14.6. The lowest BCUT2D eigenvalue weighted by molar-refractivity contribution is 1.47. The fraction of sp³-hybridized carbons (Fsp3) is 0.0435. The second-order valence-electron chi connectivity index (χ2n) is 6.73. The number of nitrogens with two attached hydrogens (primary N) is 2. The lowest BCUT2D eigenvalue weighted by Gasteiger charge is -2.18. The van der Waals surface area contributed by atoms with E-state index in [1.165, 1.54) is 32.8 Å². The topological polar surface area (TPSA) is 52.0 Å². The van der Waals surface area contributed by atoms with Gasteiger partial charge in [0.2, 0.25) is 0 Å². The van der Waals surface area contributed by atoms with Crippen molar-refractivity contribution in [3.63, 3.8) is 0 Å². The fourth-order valence-electron chi connectivity index (χ4n) is 4.08. The Morgan fingerprint density at radius 2 is 1.36 bits per heavy atom. The van der Waals surface area contributed by atoms with Crippen LogP contribution in [-0.4, -0.2) is 0 Å². The molecule has 0 heterocycles. The Kier molecular flexibility index (Phi) is 2.75. The number of hydrogen-bond acceptors (Lipinski definition) is 2. The van der Waals surface area contributed by atoms with Gasteiger partial charge in [0.05, 0.1) is 0 Å². The fourth-order valence-corrected chi connectivity index (χ4v) is 4.08. The normalized spacial score (nSPS) is 11.7. The van der Waals surface area contributed by atoms with E-state index in [9.17, 15) is 0 Å². The molecule has 0 unspecified atom stereocenters. The predicted molar refractivity (Wildman–Crippen MR) is 109 cm³/mol. The van der Waals surface area contributed by atoms with E-state index in [0.717, 1.165) is 27.5 Å². The summed E-state index contributed by atoms with van der Waals surface area (Å²) in [5, 5.41) is 6.91. The van der Waals surface area contributed by atoms with E-state index in [2.05, 4.69) is 67.6 Å². The molecule has 0 aromatic heterocycles. The quantitative estimate of drug-likeness (QED) is 0.306. The standard InChI is InChI=1S/C23H18N2/c1-13-5-2-3-7-15(13)16-9-10-18-20(24)11-14-6-4-8-17-21(25)12-19(16)23(18)22(14)17/h2-12H,24-25H2,1H3. The van der Waals surface area contributed by atoms with Crippen LogP contribution in [0, 0.1) is 6.92 Å². The van der Waals surface area contributed by atoms with Gasteiger partial charge >= 0.3 is 0 Å². The van der Waals surface area contributed by atoms with E-state index in [0.29, 0.717) is 0 Å². The van der Waals surface area contributed by atoms with Crippen molar-refractivity contribution in [2.75, 3.05) is 11.5 Å². The summed E-state index contributed by atoms with van der Waals surface area (Å²) in [5.74, 6) is 0. The largest absolute Gasteiger partial charge is 0.398 e. The average molecular weight is 322 g/mol. The van der Waals surface area contributed by atoms with Crippen molar-refractivity contribution in [1.29, 1.82) is 0 Å². The van der Waals surface area contributed by atoms with Crippen LogP contribution in [0.15, 0.2) is 66.7 Å². The maximum Gasteiger partial charge on any atom is 0.0400 e. The van der Waals surface area contributed by atoms with Gasteiger partial charge in [0.15, 0.2) is 0 Å². The third-order valence-electron chi connectivity index (χ3n) is 5.26. The first-order valence-corrected chi connectivity index (χ1v) is 8.46. The molecule has 0 fully saturated rings.